The highest BCUT2D eigenvalue weighted by Crippen LogP contribution is 2.60. The molecule has 0 aromatic carbocycles. The SMILES string of the molecule is O=C(O)C(CN1CCOCC1)CC(F)(F)C(F)(F)C(F)(F)C(F)(F)C(F)(F)C(F)(F)F. The molecule has 1 atom stereocenters. The number of carboxylic acid groups (broad SMARTS) is 1. The van der Waals surface area contributed by atoms with E-state index >= 15 is 0 Å². The lowest BCUT2D eigenvalue weighted by atomic mass is 9.89. The van der Waals surface area contributed by atoms with Crippen molar-refractivity contribution < 1.29 is 71.7 Å². The van der Waals surface area contributed by atoms with Gasteiger partial charge in [-0.2, -0.15) is 57.1 Å². The summed E-state index contributed by atoms with van der Waals surface area (Å²) in [5.41, 5.74) is 0. The first-order chi connectivity index (χ1) is 13.6. The molecule has 184 valence electrons. The number of carbonyl (C=O) groups is 1. The van der Waals surface area contributed by atoms with E-state index in [0.717, 1.165) is 4.90 Å². The Morgan fingerprint density at radius 1 is 0.774 bits per heavy atom. The molecule has 1 saturated heterocycles. The molecule has 1 heterocycles. The summed E-state index contributed by atoms with van der Waals surface area (Å²) in [4.78, 5) is 12.1. The van der Waals surface area contributed by atoms with E-state index in [4.69, 9.17) is 9.84 Å². The van der Waals surface area contributed by atoms with Crippen molar-refractivity contribution in [3.05, 3.63) is 0 Å². The van der Waals surface area contributed by atoms with Crippen molar-refractivity contribution in [2.24, 2.45) is 5.92 Å². The first kappa shape index (κ1) is 27.5. The number of ether oxygens (including phenoxy) is 1. The van der Waals surface area contributed by atoms with Crippen molar-refractivity contribution in [1.82, 2.24) is 4.90 Å². The van der Waals surface area contributed by atoms with Gasteiger partial charge in [-0.3, -0.25) is 9.69 Å². The molecule has 0 bridgehead atoms. The molecule has 0 saturated carbocycles. The van der Waals surface area contributed by atoms with Gasteiger partial charge >= 0.3 is 41.8 Å². The quantitative estimate of drug-likeness (QED) is 0.493. The van der Waals surface area contributed by atoms with Crippen molar-refractivity contribution >= 4 is 5.97 Å². The third kappa shape index (κ3) is 4.80. The van der Waals surface area contributed by atoms with E-state index in [9.17, 15) is 61.9 Å². The van der Waals surface area contributed by atoms with Gasteiger partial charge in [0.1, 0.15) is 0 Å². The normalized spacial score (nSPS) is 19.4. The Morgan fingerprint density at radius 3 is 1.58 bits per heavy atom. The van der Waals surface area contributed by atoms with Crippen LogP contribution < -0.4 is 0 Å². The number of halogens is 13. The summed E-state index contributed by atoms with van der Waals surface area (Å²) in [6.07, 6.45) is -10.2. The lowest BCUT2D eigenvalue weighted by Crippen LogP contribution is -2.70. The van der Waals surface area contributed by atoms with Crippen molar-refractivity contribution in [3.8, 4) is 0 Å². The van der Waals surface area contributed by atoms with Crippen LogP contribution in [-0.2, 0) is 9.53 Å². The Morgan fingerprint density at radius 2 is 1.19 bits per heavy atom. The highest BCUT2D eigenvalue weighted by molar-refractivity contribution is 5.70. The number of carboxylic acids is 1. The second-order valence-corrected chi connectivity index (χ2v) is 6.65. The zero-order chi connectivity index (χ0) is 24.7. The Kier molecular flexibility index (Phi) is 7.49. The Labute approximate surface area is 164 Å². The molecule has 0 radical (unpaired) electrons. The molecule has 31 heavy (non-hydrogen) atoms. The molecular formula is C14H14F13NO3. The Bertz CT molecular complexity index is 644. The van der Waals surface area contributed by atoms with E-state index in [2.05, 4.69) is 0 Å². The van der Waals surface area contributed by atoms with Crippen LogP contribution in [0.4, 0.5) is 57.1 Å². The van der Waals surface area contributed by atoms with E-state index in [1.165, 1.54) is 0 Å². The van der Waals surface area contributed by atoms with Crippen LogP contribution in [0.1, 0.15) is 6.42 Å². The summed E-state index contributed by atoms with van der Waals surface area (Å²) in [5, 5.41) is 8.89. The number of nitrogens with zero attached hydrogens (tertiary/aromatic N) is 1. The molecule has 4 nitrogen and oxygen atoms in total. The Hall–Kier alpha value is -1.52. The topological polar surface area (TPSA) is 49.8 Å². The first-order valence-electron chi connectivity index (χ1n) is 8.12. The van der Waals surface area contributed by atoms with Crippen LogP contribution in [0.15, 0.2) is 0 Å². The summed E-state index contributed by atoms with van der Waals surface area (Å²) < 4.78 is 175. The smallest absolute Gasteiger partial charge is 0.460 e. The summed E-state index contributed by atoms with van der Waals surface area (Å²) in [5.74, 6) is -42.5. The molecule has 17 heteroatoms. The van der Waals surface area contributed by atoms with E-state index in [1.54, 1.807) is 0 Å². The second kappa shape index (κ2) is 8.44. The standard InChI is InChI=1S/C14H14F13NO3/c15-9(16,5-7(8(29)30)6-28-1-3-31-4-2-28)10(17,18)11(19,20)12(21,22)13(23,24)14(25,26)27/h7H,1-6H2,(H,29,30). The molecule has 0 amide bonds. The van der Waals surface area contributed by atoms with Crippen LogP contribution in [0.25, 0.3) is 0 Å². The molecule has 0 aliphatic carbocycles. The number of hydrogen-bond acceptors (Lipinski definition) is 3. The Balaban J connectivity index is 3.26. The van der Waals surface area contributed by atoms with Crippen LogP contribution in [0.5, 0.6) is 0 Å². The molecule has 1 unspecified atom stereocenters. The highest BCUT2D eigenvalue weighted by atomic mass is 19.4. The number of morpholine rings is 1. The molecule has 0 spiro atoms. The monoisotopic (exact) mass is 491 g/mol. The number of alkyl halides is 13. The minimum atomic E-state index is -8.01. The van der Waals surface area contributed by atoms with Gasteiger partial charge in [-0.15, -0.1) is 0 Å². The van der Waals surface area contributed by atoms with Gasteiger partial charge in [0.15, 0.2) is 0 Å². The maximum atomic E-state index is 13.9. The van der Waals surface area contributed by atoms with Crippen molar-refractivity contribution in [3.63, 3.8) is 0 Å². The molecule has 1 aliphatic rings. The first-order valence-corrected chi connectivity index (χ1v) is 8.12. The molecule has 1 N–H and O–H groups in total. The average molecular weight is 491 g/mol. The zero-order valence-electron chi connectivity index (χ0n) is 14.9. The maximum absolute atomic E-state index is 13.9. The fourth-order valence-corrected chi connectivity index (χ4v) is 2.57. The number of aliphatic carboxylic acids is 1. The lowest BCUT2D eigenvalue weighted by Gasteiger charge is -2.40. The molecule has 1 fully saturated rings. The van der Waals surface area contributed by atoms with Crippen LogP contribution in [0.3, 0.4) is 0 Å². The van der Waals surface area contributed by atoms with Crippen LogP contribution in [0.2, 0.25) is 0 Å². The fraction of sp³-hybridized carbons (Fsp3) is 0.929. The van der Waals surface area contributed by atoms with Crippen LogP contribution >= 0.6 is 0 Å². The number of hydrogen-bond donors (Lipinski definition) is 1. The van der Waals surface area contributed by atoms with Crippen molar-refractivity contribution in [1.29, 1.82) is 0 Å². The second-order valence-electron chi connectivity index (χ2n) is 6.65. The summed E-state index contributed by atoms with van der Waals surface area (Å²) in [6, 6.07) is 0. The van der Waals surface area contributed by atoms with E-state index in [-0.39, 0.29) is 26.3 Å². The van der Waals surface area contributed by atoms with E-state index in [1.807, 2.05) is 0 Å². The van der Waals surface area contributed by atoms with E-state index < -0.39 is 60.6 Å². The third-order valence-electron chi connectivity index (χ3n) is 4.43. The van der Waals surface area contributed by atoms with Gasteiger partial charge in [0.2, 0.25) is 0 Å². The lowest BCUT2D eigenvalue weighted by molar-refractivity contribution is -0.440. The van der Waals surface area contributed by atoms with Gasteiger partial charge in [0.05, 0.1) is 19.1 Å². The molecule has 0 aromatic rings. The minimum Gasteiger partial charge on any atom is -0.481 e. The molecule has 0 aromatic heterocycles. The van der Waals surface area contributed by atoms with Crippen LogP contribution in [0, 0.1) is 5.92 Å². The van der Waals surface area contributed by atoms with Gasteiger partial charge < -0.3 is 9.84 Å². The maximum Gasteiger partial charge on any atom is 0.460 e. The van der Waals surface area contributed by atoms with Crippen molar-refractivity contribution in [2.45, 2.75) is 42.2 Å². The summed E-state index contributed by atoms with van der Waals surface area (Å²) in [6.45, 7) is -1.26. The molecular weight excluding hydrogens is 477 g/mol. The minimum absolute atomic E-state index is 0.0459. The number of rotatable bonds is 9. The third-order valence-corrected chi connectivity index (χ3v) is 4.43. The van der Waals surface area contributed by atoms with Crippen molar-refractivity contribution in [2.75, 3.05) is 32.8 Å². The van der Waals surface area contributed by atoms with Gasteiger partial charge in [-0.05, 0) is 0 Å². The van der Waals surface area contributed by atoms with Gasteiger partial charge in [0, 0.05) is 26.1 Å². The predicted octanol–water partition coefficient (Wildman–Crippen LogP) is 4.15. The largest absolute Gasteiger partial charge is 0.481 e. The van der Waals surface area contributed by atoms with Gasteiger partial charge in [0.25, 0.3) is 0 Å². The predicted molar refractivity (Wildman–Crippen MR) is 73.8 cm³/mol. The van der Waals surface area contributed by atoms with Crippen LogP contribution in [-0.4, -0.2) is 84.6 Å². The summed E-state index contributed by atoms with van der Waals surface area (Å²) in [7, 11) is 0. The highest BCUT2D eigenvalue weighted by Gasteiger charge is 2.90. The fourth-order valence-electron chi connectivity index (χ4n) is 2.57. The van der Waals surface area contributed by atoms with E-state index in [0.29, 0.717) is 0 Å². The van der Waals surface area contributed by atoms with Gasteiger partial charge in [-0.1, -0.05) is 0 Å². The summed E-state index contributed by atoms with van der Waals surface area (Å²) >= 11 is 0. The molecule has 1 aliphatic heterocycles. The van der Waals surface area contributed by atoms with Gasteiger partial charge in [-0.25, -0.2) is 0 Å². The zero-order valence-corrected chi connectivity index (χ0v) is 14.9. The molecule has 1 rings (SSSR count). The average Bonchev–Trinajstić information content (AvgIpc) is 2.60.